The number of halogens is 3. The van der Waals surface area contributed by atoms with Crippen molar-refractivity contribution in [1.82, 2.24) is 25.3 Å². The molecule has 1 aromatic carbocycles. The normalized spacial score (nSPS) is 11.9. The van der Waals surface area contributed by atoms with Crippen molar-refractivity contribution in [2.75, 3.05) is 6.54 Å². The highest BCUT2D eigenvalue weighted by atomic mass is 19.3. The second-order valence-corrected chi connectivity index (χ2v) is 5.93. The lowest BCUT2D eigenvalue weighted by Gasteiger charge is -2.10. The molecule has 0 spiro atoms. The number of H-pyrrole nitrogens is 1. The smallest absolute Gasteiger partial charge is 0.269 e. The van der Waals surface area contributed by atoms with Crippen LogP contribution in [0.2, 0.25) is 0 Å². The van der Waals surface area contributed by atoms with E-state index in [-0.39, 0.29) is 23.1 Å². The molecule has 0 saturated heterocycles. The first-order valence-corrected chi connectivity index (χ1v) is 7.57. The summed E-state index contributed by atoms with van der Waals surface area (Å²) in [6.45, 7) is 0.577. The number of hydrogen-bond acceptors (Lipinski definition) is 3. The fraction of sp³-hybridized carbons (Fsp3) is 0.312. The van der Waals surface area contributed by atoms with Crippen LogP contribution in [0.4, 0.5) is 13.2 Å². The Morgan fingerprint density at radius 2 is 2.12 bits per heavy atom. The number of aryl methyl sites for hydroxylation is 1. The first kappa shape index (κ1) is 17.0. The largest absolute Gasteiger partial charge is 0.350 e. The third-order valence-electron chi connectivity index (χ3n) is 3.73. The van der Waals surface area contributed by atoms with E-state index < -0.39 is 24.1 Å². The summed E-state index contributed by atoms with van der Waals surface area (Å²) in [5, 5.41) is 13.0. The van der Waals surface area contributed by atoms with Crippen LogP contribution in [-0.4, -0.2) is 38.4 Å². The Morgan fingerprint density at radius 1 is 1.36 bits per heavy atom. The van der Waals surface area contributed by atoms with Crippen molar-refractivity contribution in [3.05, 3.63) is 36.0 Å². The molecule has 2 heterocycles. The molecule has 25 heavy (non-hydrogen) atoms. The Hall–Kier alpha value is -2.84. The standard InChI is InChI=1S/C16H16F3N5O/c1-16(18,19)3-4-20-15(25)14-11-5-9(10-7-21-24(2)8-10)6-12(17)13(11)22-23-14/h5-8H,3-4H2,1-2H3,(H,20,25)(H,22,23). The second kappa shape index (κ2) is 6.23. The van der Waals surface area contributed by atoms with Gasteiger partial charge in [-0.15, -0.1) is 0 Å². The Morgan fingerprint density at radius 3 is 2.76 bits per heavy atom. The third-order valence-corrected chi connectivity index (χ3v) is 3.73. The maximum atomic E-state index is 14.3. The molecule has 132 valence electrons. The van der Waals surface area contributed by atoms with E-state index in [9.17, 15) is 18.0 Å². The van der Waals surface area contributed by atoms with Crippen molar-refractivity contribution in [2.24, 2.45) is 7.05 Å². The molecular formula is C16H16F3N5O. The fourth-order valence-electron chi connectivity index (χ4n) is 2.47. The second-order valence-electron chi connectivity index (χ2n) is 5.93. The number of nitrogens with one attached hydrogen (secondary N) is 2. The van der Waals surface area contributed by atoms with E-state index in [4.69, 9.17) is 0 Å². The van der Waals surface area contributed by atoms with Gasteiger partial charge in [0.1, 0.15) is 11.2 Å². The first-order valence-electron chi connectivity index (χ1n) is 7.57. The van der Waals surface area contributed by atoms with Crippen molar-refractivity contribution in [3.63, 3.8) is 0 Å². The van der Waals surface area contributed by atoms with Crippen molar-refractivity contribution in [1.29, 1.82) is 0 Å². The number of rotatable bonds is 5. The molecule has 3 aromatic rings. The summed E-state index contributed by atoms with van der Waals surface area (Å²) in [6, 6.07) is 2.92. The summed E-state index contributed by atoms with van der Waals surface area (Å²) < 4.78 is 41.5. The van der Waals surface area contributed by atoms with Gasteiger partial charge in [-0.3, -0.25) is 14.6 Å². The van der Waals surface area contributed by atoms with Gasteiger partial charge in [-0.2, -0.15) is 10.2 Å². The highest BCUT2D eigenvalue weighted by Crippen LogP contribution is 2.27. The third kappa shape index (κ3) is 3.65. The van der Waals surface area contributed by atoms with E-state index in [1.807, 2.05) is 0 Å². The fourth-order valence-corrected chi connectivity index (χ4v) is 2.47. The number of carbonyl (C=O) groups is 1. The summed E-state index contributed by atoms with van der Waals surface area (Å²) in [4.78, 5) is 12.2. The van der Waals surface area contributed by atoms with Crippen molar-refractivity contribution in [2.45, 2.75) is 19.3 Å². The lowest BCUT2D eigenvalue weighted by atomic mass is 10.1. The number of amides is 1. The molecule has 0 aliphatic heterocycles. The molecule has 0 saturated carbocycles. The van der Waals surface area contributed by atoms with Gasteiger partial charge >= 0.3 is 0 Å². The van der Waals surface area contributed by atoms with Crippen LogP contribution in [0, 0.1) is 5.82 Å². The topological polar surface area (TPSA) is 75.6 Å². The monoisotopic (exact) mass is 351 g/mol. The lowest BCUT2D eigenvalue weighted by molar-refractivity contribution is 0.0137. The van der Waals surface area contributed by atoms with E-state index in [0.29, 0.717) is 11.1 Å². The molecule has 0 atom stereocenters. The van der Waals surface area contributed by atoms with E-state index >= 15 is 0 Å². The molecule has 0 radical (unpaired) electrons. The van der Waals surface area contributed by atoms with Gasteiger partial charge in [0.2, 0.25) is 5.92 Å². The summed E-state index contributed by atoms with van der Waals surface area (Å²) in [5.41, 5.74) is 1.26. The quantitative estimate of drug-likeness (QED) is 0.742. The van der Waals surface area contributed by atoms with Gasteiger partial charge < -0.3 is 5.32 Å². The number of hydrogen-bond donors (Lipinski definition) is 2. The highest BCUT2D eigenvalue weighted by Gasteiger charge is 2.22. The Kier molecular flexibility index (Phi) is 4.23. The van der Waals surface area contributed by atoms with Crippen LogP contribution in [0.25, 0.3) is 22.0 Å². The predicted molar refractivity (Wildman–Crippen MR) is 85.8 cm³/mol. The highest BCUT2D eigenvalue weighted by molar-refractivity contribution is 6.05. The SMILES string of the molecule is Cn1cc(-c2cc(F)c3n[nH]c(C(=O)NCCC(C)(F)F)c3c2)cn1. The molecule has 6 nitrogen and oxygen atoms in total. The molecule has 0 aliphatic rings. The van der Waals surface area contributed by atoms with Crippen molar-refractivity contribution in [3.8, 4) is 11.1 Å². The van der Waals surface area contributed by atoms with E-state index in [0.717, 1.165) is 6.92 Å². The van der Waals surface area contributed by atoms with Crippen molar-refractivity contribution >= 4 is 16.8 Å². The number of aromatic amines is 1. The van der Waals surface area contributed by atoms with Crippen LogP contribution in [0.1, 0.15) is 23.8 Å². The van der Waals surface area contributed by atoms with E-state index in [1.54, 1.807) is 30.2 Å². The number of nitrogens with zero attached hydrogens (tertiary/aromatic N) is 3. The van der Waals surface area contributed by atoms with Crippen LogP contribution < -0.4 is 5.32 Å². The summed E-state index contributed by atoms with van der Waals surface area (Å²) in [6.07, 6.45) is 2.80. The van der Waals surface area contributed by atoms with Crippen molar-refractivity contribution < 1.29 is 18.0 Å². The summed E-state index contributed by atoms with van der Waals surface area (Å²) >= 11 is 0. The molecule has 1 amide bonds. The zero-order valence-corrected chi connectivity index (χ0v) is 13.6. The minimum atomic E-state index is -2.87. The molecular weight excluding hydrogens is 335 g/mol. The molecule has 2 aromatic heterocycles. The van der Waals surface area contributed by atoms with Gasteiger partial charge in [0.05, 0.1) is 6.20 Å². The number of alkyl halides is 2. The Bertz CT molecular complexity index is 926. The van der Waals surface area contributed by atoms with Gasteiger partial charge in [0.25, 0.3) is 5.91 Å². The summed E-state index contributed by atoms with van der Waals surface area (Å²) in [7, 11) is 1.73. The molecule has 3 rings (SSSR count). The average Bonchev–Trinajstić information content (AvgIpc) is 3.12. The molecule has 0 fully saturated rings. The maximum absolute atomic E-state index is 14.3. The first-order chi connectivity index (χ1) is 11.7. The number of aromatic nitrogens is 4. The Balaban J connectivity index is 1.91. The van der Waals surface area contributed by atoms with Crippen LogP contribution >= 0.6 is 0 Å². The van der Waals surface area contributed by atoms with Crippen LogP contribution in [0.3, 0.4) is 0 Å². The minimum absolute atomic E-state index is 0.0126. The minimum Gasteiger partial charge on any atom is -0.350 e. The van der Waals surface area contributed by atoms with Gasteiger partial charge in [-0.1, -0.05) is 0 Å². The van der Waals surface area contributed by atoms with E-state index in [1.165, 1.54) is 6.07 Å². The Labute approximate surface area is 141 Å². The van der Waals surface area contributed by atoms with Crippen LogP contribution in [-0.2, 0) is 7.05 Å². The zero-order valence-electron chi connectivity index (χ0n) is 13.6. The molecule has 0 bridgehead atoms. The van der Waals surface area contributed by atoms with Gasteiger partial charge in [0.15, 0.2) is 5.82 Å². The molecule has 0 unspecified atom stereocenters. The summed E-state index contributed by atoms with van der Waals surface area (Å²) in [5.74, 6) is -4.08. The van der Waals surface area contributed by atoms with Gasteiger partial charge in [-0.05, 0) is 24.6 Å². The van der Waals surface area contributed by atoms with Crippen LogP contribution in [0.5, 0.6) is 0 Å². The molecule has 0 aliphatic carbocycles. The number of fused-ring (bicyclic) bond motifs is 1. The molecule has 2 N–H and O–H groups in total. The van der Waals surface area contributed by atoms with Crippen LogP contribution in [0.15, 0.2) is 24.5 Å². The average molecular weight is 351 g/mol. The predicted octanol–water partition coefficient (Wildman–Crippen LogP) is 2.88. The number of benzene rings is 1. The van der Waals surface area contributed by atoms with Gasteiger partial charge in [-0.25, -0.2) is 13.2 Å². The number of carbonyl (C=O) groups excluding carboxylic acids is 1. The molecule has 9 heteroatoms. The lowest BCUT2D eigenvalue weighted by Crippen LogP contribution is -2.28. The maximum Gasteiger partial charge on any atom is 0.269 e. The van der Waals surface area contributed by atoms with Gasteiger partial charge in [0, 0.05) is 37.2 Å². The zero-order chi connectivity index (χ0) is 18.2. The van der Waals surface area contributed by atoms with E-state index in [2.05, 4.69) is 20.6 Å².